The van der Waals surface area contributed by atoms with Crippen LogP contribution in [-0.2, 0) is 5.75 Å². The maximum absolute atomic E-state index is 4.41. The lowest BCUT2D eigenvalue weighted by Gasteiger charge is -2.07. The molecule has 0 spiro atoms. The van der Waals surface area contributed by atoms with E-state index in [1.807, 2.05) is 24.0 Å². The molecule has 0 saturated carbocycles. The zero-order valence-electron chi connectivity index (χ0n) is 10.8. The Morgan fingerprint density at radius 2 is 2.06 bits per heavy atom. The number of pyridine rings is 1. The quantitative estimate of drug-likeness (QED) is 0.817. The summed E-state index contributed by atoms with van der Waals surface area (Å²) >= 11 is 1.84. The van der Waals surface area contributed by atoms with Gasteiger partial charge in [0.1, 0.15) is 0 Å². The number of nitrogens with zero attached hydrogens (tertiary/aromatic N) is 1. The number of hydrogen-bond donors (Lipinski definition) is 1. The fourth-order valence-corrected chi connectivity index (χ4v) is 2.67. The van der Waals surface area contributed by atoms with Gasteiger partial charge in [-0.25, -0.2) is 0 Å². The highest BCUT2D eigenvalue weighted by Gasteiger charge is 2.01. The lowest BCUT2D eigenvalue weighted by molar-refractivity contribution is 1.14. The number of benzene rings is 1. The molecule has 94 valence electrons. The van der Waals surface area contributed by atoms with Crippen LogP contribution in [0.2, 0.25) is 0 Å². The monoisotopic (exact) mass is 258 g/mol. The van der Waals surface area contributed by atoms with Crippen LogP contribution in [0.1, 0.15) is 18.2 Å². The van der Waals surface area contributed by atoms with Crippen molar-refractivity contribution in [1.82, 2.24) is 4.98 Å². The zero-order valence-corrected chi connectivity index (χ0v) is 11.6. The molecule has 1 aromatic carbocycles. The van der Waals surface area contributed by atoms with Crippen molar-refractivity contribution in [3.05, 3.63) is 53.9 Å². The van der Waals surface area contributed by atoms with Gasteiger partial charge in [0.15, 0.2) is 0 Å². The van der Waals surface area contributed by atoms with E-state index < -0.39 is 0 Å². The van der Waals surface area contributed by atoms with Crippen molar-refractivity contribution in [2.24, 2.45) is 0 Å². The molecule has 0 saturated heterocycles. The van der Waals surface area contributed by atoms with Crippen molar-refractivity contribution in [2.45, 2.75) is 24.5 Å². The summed E-state index contributed by atoms with van der Waals surface area (Å²) in [4.78, 5) is 5.73. The van der Waals surface area contributed by atoms with Crippen molar-refractivity contribution in [2.75, 3.05) is 11.9 Å². The first-order chi connectivity index (χ1) is 8.79. The van der Waals surface area contributed by atoms with E-state index in [4.69, 9.17) is 0 Å². The van der Waals surface area contributed by atoms with Gasteiger partial charge in [-0.2, -0.15) is 0 Å². The Kier molecular flexibility index (Phi) is 4.65. The minimum absolute atomic E-state index is 0.907. The van der Waals surface area contributed by atoms with Gasteiger partial charge in [-0.1, -0.05) is 18.2 Å². The van der Waals surface area contributed by atoms with Crippen molar-refractivity contribution in [1.29, 1.82) is 0 Å². The molecule has 18 heavy (non-hydrogen) atoms. The highest BCUT2D eigenvalue weighted by atomic mass is 32.2. The van der Waals surface area contributed by atoms with Crippen LogP contribution in [0.15, 0.2) is 47.5 Å². The van der Waals surface area contributed by atoms with E-state index in [0.717, 1.165) is 23.7 Å². The van der Waals surface area contributed by atoms with Gasteiger partial charge in [-0.15, -0.1) is 11.8 Å². The summed E-state index contributed by atoms with van der Waals surface area (Å²) in [5.41, 5.74) is 3.58. The molecule has 2 rings (SSSR count). The average Bonchev–Trinajstić information content (AvgIpc) is 2.39. The summed E-state index contributed by atoms with van der Waals surface area (Å²) in [6.07, 6.45) is 1.87. The highest BCUT2D eigenvalue weighted by molar-refractivity contribution is 7.98. The second-order valence-electron chi connectivity index (χ2n) is 4.12. The van der Waals surface area contributed by atoms with E-state index in [1.165, 1.54) is 10.5 Å². The Morgan fingerprint density at radius 3 is 2.83 bits per heavy atom. The fraction of sp³-hybridized carbons (Fsp3) is 0.267. The Morgan fingerprint density at radius 1 is 1.22 bits per heavy atom. The normalized spacial score (nSPS) is 10.3. The SMILES string of the molecule is CCNc1ccnc(CSc2ccccc2C)c1. The minimum atomic E-state index is 0.907. The van der Waals surface area contributed by atoms with Gasteiger partial charge in [0.25, 0.3) is 0 Å². The summed E-state index contributed by atoms with van der Waals surface area (Å²) in [5, 5.41) is 3.31. The van der Waals surface area contributed by atoms with E-state index in [1.54, 1.807) is 0 Å². The summed E-state index contributed by atoms with van der Waals surface area (Å²) in [5.74, 6) is 0.907. The van der Waals surface area contributed by atoms with E-state index in [9.17, 15) is 0 Å². The highest BCUT2D eigenvalue weighted by Crippen LogP contribution is 2.25. The van der Waals surface area contributed by atoms with Gasteiger partial charge in [0, 0.05) is 29.1 Å². The second-order valence-corrected chi connectivity index (χ2v) is 5.14. The predicted octanol–water partition coefficient (Wildman–Crippen LogP) is 4.11. The molecule has 0 aliphatic carbocycles. The smallest absolute Gasteiger partial charge is 0.0526 e. The van der Waals surface area contributed by atoms with Crippen LogP contribution in [-0.4, -0.2) is 11.5 Å². The third-order valence-corrected chi connectivity index (χ3v) is 3.88. The number of aryl methyl sites for hydroxylation is 1. The van der Waals surface area contributed by atoms with E-state index in [-0.39, 0.29) is 0 Å². The Labute approximate surface area is 113 Å². The molecular formula is C15H18N2S. The molecule has 1 aromatic heterocycles. The zero-order chi connectivity index (χ0) is 12.8. The van der Waals surface area contributed by atoms with E-state index >= 15 is 0 Å². The summed E-state index contributed by atoms with van der Waals surface area (Å²) in [6, 6.07) is 12.6. The van der Waals surface area contributed by atoms with Gasteiger partial charge < -0.3 is 5.32 Å². The molecule has 0 aliphatic heterocycles. The fourth-order valence-electron chi connectivity index (χ4n) is 1.74. The number of aromatic nitrogens is 1. The molecule has 0 unspecified atom stereocenters. The Hall–Kier alpha value is -1.48. The standard InChI is InChI=1S/C15H18N2S/c1-3-16-13-8-9-17-14(10-13)11-18-15-7-5-4-6-12(15)2/h4-10H,3,11H2,1-2H3,(H,16,17). The number of thioether (sulfide) groups is 1. The molecule has 1 heterocycles. The first-order valence-corrected chi connectivity index (χ1v) is 7.15. The molecule has 1 N–H and O–H groups in total. The lowest BCUT2D eigenvalue weighted by atomic mass is 10.2. The van der Waals surface area contributed by atoms with Crippen molar-refractivity contribution >= 4 is 17.4 Å². The molecule has 2 nitrogen and oxygen atoms in total. The Balaban J connectivity index is 2.02. The minimum Gasteiger partial charge on any atom is -0.385 e. The van der Waals surface area contributed by atoms with Crippen molar-refractivity contribution < 1.29 is 0 Å². The van der Waals surface area contributed by atoms with Gasteiger partial charge >= 0.3 is 0 Å². The largest absolute Gasteiger partial charge is 0.385 e. The lowest BCUT2D eigenvalue weighted by Crippen LogP contribution is -1.97. The molecule has 3 heteroatoms. The molecule has 0 radical (unpaired) electrons. The molecule has 0 amide bonds. The summed E-state index contributed by atoms with van der Waals surface area (Å²) < 4.78 is 0. The second kappa shape index (κ2) is 6.45. The molecule has 0 atom stereocenters. The average molecular weight is 258 g/mol. The van der Waals surface area contributed by atoms with E-state index in [2.05, 4.69) is 54.5 Å². The van der Waals surface area contributed by atoms with Crippen LogP contribution in [0.5, 0.6) is 0 Å². The van der Waals surface area contributed by atoms with Crippen molar-refractivity contribution in [3.8, 4) is 0 Å². The van der Waals surface area contributed by atoms with Crippen molar-refractivity contribution in [3.63, 3.8) is 0 Å². The van der Waals surface area contributed by atoms with Gasteiger partial charge in [-0.3, -0.25) is 4.98 Å². The van der Waals surface area contributed by atoms with Gasteiger partial charge in [0.2, 0.25) is 0 Å². The maximum atomic E-state index is 4.41. The van der Waals surface area contributed by atoms with Crippen LogP contribution in [0, 0.1) is 6.92 Å². The summed E-state index contributed by atoms with van der Waals surface area (Å²) in [6.45, 7) is 5.18. The topological polar surface area (TPSA) is 24.9 Å². The van der Waals surface area contributed by atoms with Crippen LogP contribution in [0.3, 0.4) is 0 Å². The number of rotatable bonds is 5. The number of anilines is 1. The maximum Gasteiger partial charge on any atom is 0.0526 e. The molecular weight excluding hydrogens is 240 g/mol. The van der Waals surface area contributed by atoms with Crippen LogP contribution in [0.4, 0.5) is 5.69 Å². The van der Waals surface area contributed by atoms with E-state index in [0.29, 0.717) is 0 Å². The molecule has 0 aliphatic rings. The van der Waals surface area contributed by atoms with Gasteiger partial charge in [0.05, 0.1) is 5.69 Å². The third-order valence-electron chi connectivity index (χ3n) is 2.67. The van der Waals surface area contributed by atoms with Crippen LogP contribution < -0.4 is 5.32 Å². The van der Waals surface area contributed by atoms with Crippen LogP contribution >= 0.6 is 11.8 Å². The molecule has 0 bridgehead atoms. The van der Waals surface area contributed by atoms with Gasteiger partial charge in [-0.05, 0) is 37.6 Å². The molecule has 2 aromatic rings. The first kappa shape index (κ1) is 13.0. The predicted molar refractivity (Wildman–Crippen MR) is 79.1 cm³/mol. The third kappa shape index (κ3) is 3.50. The summed E-state index contributed by atoms with van der Waals surface area (Å²) in [7, 11) is 0. The number of hydrogen-bond acceptors (Lipinski definition) is 3. The van der Waals surface area contributed by atoms with Crippen LogP contribution in [0.25, 0.3) is 0 Å². The first-order valence-electron chi connectivity index (χ1n) is 6.17. The Bertz CT molecular complexity index is 511. The number of nitrogens with one attached hydrogen (secondary N) is 1. The molecule has 0 fully saturated rings.